The Balaban J connectivity index is 2.74. The monoisotopic (exact) mass is 318 g/mol. The zero-order valence-corrected chi connectivity index (χ0v) is 9.07. The van der Waals surface area contributed by atoms with Gasteiger partial charge in [0.25, 0.3) is 0 Å². The lowest BCUT2D eigenvalue weighted by atomic mass is 10.2. The van der Waals surface area contributed by atoms with Gasteiger partial charge < -0.3 is 0 Å². The van der Waals surface area contributed by atoms with Crippen molar-refractivity contribution in [2.24, 2.45) is 0 Å². The first-order chi connectivity index (χ1) is 4.18. The van der Waals surface area contributed by atoms with Crippen molar-refractivity contribution in [1.82, 2.24) is 0 Å². The summed E-state index contributed by atoms with van der Waals surface area (Å²) in [6, 6.07) is 0. The highest BCUT2D eigenvalue weighted by molar-refractivity contribution is 14.1. The molecule has 3 heteroatoms. The van der Waals surface area contributed by atoms with Crippen molar-refractivity contribution in [3.05, 3.63) is 21.7 Å². The van der Waals surface area contributed by atoms with Crippen LogP contribution in [0.2, 0.25) is 0 Å². The van der Waals surface area contributed by atoms with Crippen LogP contribution in [0.5, 0.6) is 0 Å². The fourth-order valence-electron chi connectivity index (χ4n) is 0.675. The molecule has 0 heterocycles. The van der Waals surface area contributed by atoms with Crippen molar-refractivity contribution < 1.29 is 0 Å². The van der Waals surface area contributed by atoms with Gasteiger partial charge in [0.2, 0.25) is 0 Å². The quantitative estimate of drug-likeness (QED) is 0.473. The standard InChI is InChI=1S/C6H5BrClI/c7-4-1-5(8)3-6(9)2-4/h1,3,6H,2H2. The fourth-order valence-corrected chi connectivity index (χ4v) is 3.37. The normalized spacial score (nSPS) is 27.2. The van der Waals surface area contributed by atoms with Crippen LogP contribution < -0.4 is 0 Å². The average molecular weight is 319 g/mol. The van der Waals surface area contributed by atoms with E-state index in [0.717, 1.165) is 11.5 Å². The minimum Gasteiger partial charge on any atom is -0.0846 e. The molecule has 0 N–H and O–H groups in total. The molecule has 1 rings (SSSR count). The third-order valence-electron chi connectivity index (χ3n) is 1.02. The van der Waals surface area contributed by atoms with Gasteiger partial charge in [0.05, 0.1) is 0 Å². The third-order valence-corrected chi connectivity index (χ3v) is 2.61. The van der Waals surface area contributed by atoms with Crippen molar-refractivity contribution in [3.63, 3.8) is 0 Å². The lowest BCUT2D eigenvalue weighted by Crippen LogP contribution is -1.96. The largest absolute Gasteiger partial charge is 0.0846 e. The van der Waals surface area contributed by atoms with Crippen LogP contribution in [0.4, 0.5) is 0 Å². The highest BCUT2D eigenvalue weighted by atomic mass is 127. The van der Waals surface area contributed by atoms with Gasteiger partial charge in [-0.2, -0.15) is 0 Å². The fraction of sp³-hybridized carbons (Fsp3) is 0.333. The first-order valence-electron chi connectivity index (χ1n) is 2.56. The van der Waals surface area contributed by atoms with E-state index in [1.54, 1.807) is 0 Å². The molecule has 1 atom stereocenters. The van der Waals surface area contributed by atoms with E-state index in [1.165, 1.54) is 4.48 Å². The number of alkyl halides is 1. The predicted octanol–water partition coefficient (Wildman–Crippen LogP) is 3.60. The molecule has 1 unspecified atom stereocenters. The summed E-state index contributed by atoms with van der Waals surface area (Å²) in [4.78, 5) is 0. The Morgan fingerprint density at radius 3 is 2.89 bits per heavy atom. The van der Waals surface area contributed by atoms with E-state index in [1.807, 2.05) is 12.2 Å². The van der Waals surface area contributed by atoms with Crippen LogP contribution in [0.1, 0.15) is 6.42 Å². The maximum Gasteiger partial charge on any atom is 0.0384 e. The molecule has 0 aromatic rings. The number of hydrogen-bond acceptors (Lipinski definition) is 0. The van der Waals surface area contributed by atoms with Crippen LogP contribution in [0.25, 0.3) is 0 Å². The van der Waals surface area contributed by atoms with Crippen LogP contribution >= 0.6 is 50.1 Å². The molecule has 0 nitrogen and oxygen atoms in total. The van der Waals surface area contributed by atoms with Crippen LogP contribution in [-0.2, 0) is 0 Å². The molecule has 0 saturated heterocycles. The van der Waals surface area contributed by atoms with Crippen molar-refractivity contribution >= 4 is 50.1 Å². The maximum absolute atomic E-state index is 5.76. The molecule has 0 aliphatic heterocycles. The minimum absolute atomic E-state index is 0.550. The molecule has 0 aromatic carbocycles. The number of allylic oxidation sites excluding steroid dienone is 4. The van der Waals surface area contributed by atoms with E-state index in [-0.39, 0.29) is 0 Å². The van der Waals surface area contributed by atoms with E-state index in [2.05, 4.69) is 38.5 Å². The van der Waals surface area contributed by atoms with Gasteiger partial charge in [-0.1, -0.05) is 56.2 Å². The topological polar surface area (TPSA) is 0 Å². The Morgan fingerprint density at radius 2 is 2.44 bits per heavy atom. The average Bonchev–Trinajstić information content (AvgIpc) is 1.59. The Kier molecular flexibility index (Phi) is 3.05. The molecule has 50 valence electrons. The predicted molar refractivity (Wildman–Crippen MR) is 53.4 cm³/mol. The number of halogens is 3. The zero-order valence-electron chi connectivity index (χ0n) is 4.57. The number of hydrogen-bond donors (Lipinski definition) is 0. The molecule has 1 aliphatic carbocycles. The molecule has 0 spiro atoms. The summed E-state index contributed by atoms with van der Waals surface area (Å²) in [5.74, 6) is 0. The molecule has 0 saturated carbocycles. The summed E-state index contributed by atoms with van der Waals surface area (Å²) in [5.41, 5.74) is 0. The highest BCUT2D eigenvalue weighted by Crippen LogP contribution is 2.28. The van der Waals surface area contributed by atoms with Crippen molar-refractivity contribution in [3.8, 4) is 0 Å². The highest BCUT2D eigenvalue weighted by Gasteiger charge is 2.08. The molecule has 0 aromatic heterocycles. The Bertz CT molecular complexity index is 174. The molecule has 9 heavy (non-hydrogen) atoms. The van der Waals surface area contributed by atoms with Gasteiger partial charge in [-0.05, 0) is 17.0 Å². The van der Waals surface area contributed by atoms with Gasteiger partial charge in [-0.3, -0.25) is 0 Å². The van der Waals surface area contributed by atoms with E-state index in [9.17, 15) is 0 Å². The Hall–Kier alpha value is 0.980. The molecule has 0 bridgehead atoms. The van der Waals surface area contributed by atoms with Crippen molar-refractivity contribution in [2.75, 3.05) is 0 Å². The first kappa shape index (κ1) is 8.08. The van der Waals surface area contributed by atoms with Gasteiger partial charge in [0, 0.05) is 8.96 Å². The van der Waals surface area contributed by atoms with E-state index in [4.69, 9.17) is 11.6 Å². The van der Waals surface area contributed by atoms with Gasteiger partial charge in [-0.25, -0.2) is 0 Å². The third kappa shape index (κ3) is 2.60. The molecular weight excluding hydrogens is 314 g/mol. The van der Waals surface area contributed by atoms with Crippen molar-refractivity contribution in [2.45, 2.75) is 10.3 Å². The van der Waals surface area contributed by atoms with E-state index in [0.29, 0.717) is 3.92 Å². The van der Waals surface area contributed by atoms with Gasteiger partial charge in [-0.15, -0.1) is 0 Å². The summed E-state index contributed by atoms with van der Waals surface area (Å²) in [5, 5.41) is 0.840. The van der Waals surface area contributed by atoms with Crippen molar-refractivity contribution in [1.29, 1.82) is 0 Å². The van der Waals surface area contributed by atoms with Crippen LogP contribution in [-0.4, -0.2) is 3.92 Å². The smallest absolute Gasteiger partial charge is 0.0384 e. The maximum atomic E-state index is 5.76. The van der Waals surface area contributed by atoms with Gasteiger partial charge in [0.1, 0.15) is 0 Å². The molecular formula is C6H5BrClI. The van der Waals surface area contributed by atoms with E-state index >= 15 is 0 Å². The summed E-state index contributed by atoms with van der Waals surface area (Å²) >= 11 is 11.5. The summed E-state index contributed by atoms with van der Waals surface area (Å²) in [6.45, 7) is 0. The lowest BCUT2D eigenvalue weighted by Gasteiger charge is -2.08. The molecule has 0 fully saturated rings. The Morgan fingerprint density at radius 1 is 1.78 bits per heavy atom. The first-order valence-corrected chi connectivity index (χ1v) is 4.97. The second-order valence-corrected chi connectivity index (χ2v) is 4.92. The van der Waals surface area contributed by atoms with Crippen LogP contribution in [0.15, 0.2) is 21.7 Å². The Labute approximate surface area is 81.6 Å². The van der Waals surface area contributed by atoms with Gasteiger partial charge >= 0.3 is 0 Å². The van der Waals surface area contributed by atoms with Crippen LogP contribution in [0, 0.1) is 0 Å². The lowest BCUT2D eigenvalue weighted by molar-refractivity contribution is 1.08. The zero-order chi connectivity index (χ0) is 6.85. The SMILES string of the molecule is ClC1=CC(I)CC(Br)=C1. The molecule has 0 radical (unpaired) electrons. The second kappa shape index (κ2) is 3.39. The number of rotatable bonds is 0. The molecule has 1 aliphatic rings. The van der Waals surface area contributed by atoms with Gasteiger partial charge in [0.15, 0.2) is 0 Å². The van der Waals surface area contributed by atoms with E-state index < -0.39 is 0 Å². The summed E-state index contributed by atoms with van der Waals surface area (Å²) in [6.07, 6.45) is 5.06. The molecule has 0 amide bonds. The second-order valence-electron chi connectivity index (χ2n) is 1.86. The summed E-state index contributed by atoms with van der Waals surface area (Å²) < 4.78 is 1.74. The minimum atomic E-state index is 0.550. The van der Waals surface area contributed by atoms with Crippen LogP contribution in [0.3, 0.4) is 0 Å². The summed E-state index contributed by atoms with van der Waals surface area (Å²) in [7, 11) is 0.